The molecule has 0 amide bonds. The first kappa shape index (κ1) is 16.8. The predicted molar refractivity (Wildman–Crippen MR) is 104 cm³/mol. The van der Waals surface area contributed by atoms with E-state index in [2.05, 4.69) is 4.98 Å². The first-order valence-electron chi connectivity index (χ1n) is 8.09. The topological polar surface area (TPSA) is 46.6 Å². The molecule has 0 saturated carbocycles. The lowest BCUT2D eigenvalue weighted by molar-refractivity contribution is 0.622. The number of aromatic nitrogens is 3. The molecule has 1 N–H and O–H groups in total. The minimum Gasteiger partial charge on any atom is -0.316 e. The van der Waals surface area contributed by atoms with Crippen LogP contribution < -0.4 is 5.49 Å². The van der Waals surface area contributed by atoms with Crippen LogP contribution in [-0.2, 0) is 13.0 Å². The molecule has 7 heteroatoms. The first-order valence-corrected chi connectivity index (χ1v) is 9.31. The Bertz CT molecular complexity index is 1170. The summed E-state index contributed by atoms with van der Waals surface area (Å²) in [6, 6.07) is 16.2. The highest BCUT2D eigenvalue weighted by atomic mass is 32.1. The molecule has 0 aliphatic heterocycles. The Morgan fingerprint density at radius 2 is 1.81 bits per heavy atom. The molecular formula is C19H15FN4S2. The van der Waals surface area contributed by atoms with Crippen molar-refractivity contribution in [3.05, 3.63) is 81.7 Å². The van der Waals surface area contributed by atoms with Crippen molar-refractivity contribution in [3.8, 4) is 5.69 Å². The number of nitrogens with one attached hydrogen (secondary N) is 1. The lowest BCUT2D eigenvalue weighted by atomic mass is 10.1. The fourth-order valence-corrected chi connectivity index (χ4v) is 4.17. The van der Waals surface area contributed by atoms with Crippen molar-refractivity contribution in [1.29, 1.82) is 5.41 Å². The van der Waals surface area contributed by atoms with E-state index in [0.717, 1.165) is 16.0 Å². The van der Waals surface area contributed by atoms with Gasteiger partial charge < -0.3 is 4.57 Å². The third-order valence-corrected chi connectivity index (χ3v) is 5.55. The third kappa shape index (κ3) is 3.11. The van der Waals surface area contributed by atoms with E-state index in [4.69, 9.17) is 17.6 Å². The maximum Gasteiger partial charge on any atom is 0.168 e. The number of benzene rings is 2. The Hall–Kier alpha value is -2.64. The lowest BCUT2D eigenvalue weighted by Gasteiger charge is -2.08. The molecule has 130 valence electrons. The fourth-order valence-electron chi connectivity index (χ4n) is 2.82. The monoisotopic (exact) mass is 382 g/mol. The maximum atomic E-state index is 13.0. The van der Waals surface area contributed by atoms with E-state index in [1.165, 1.54) is 23.5 Å². The average molecular weight is 382 g/mol. The number of halogens is 1. The molecule has 0 bridgehead atoms. The van der Waals surface area contributed by atoms with Crippen molar-refractivity contribution in [3.63, 3.8) is 0 Å². The molecule has 0 aliphatic carbocycles. The summed E-state index contributed by atoms with van der Waals surface area (Å²) in [5, 5.41) is 8.53. The van der Waals surface area contributed by atoms with E-state index in [0.29, 0.717) is 28.1 Å². The molecule has 0 saturated heterocycles. The molecule has 4 aromatic rings. The zero-order valence-corrected chi connectivity index (χ0v) is 15.4. The van der Waals surface area contributed by atoms with E-state index >= 15 is 0 Å². The molecular weight excluding hydrogens is 367 g/mol. The van der Waals surface area contributed by atoms with Crippen molar-refractivity contribution >= 4 is 33.9 Å². The normalized spacial score (nSPS) is 11.1. The molecule has 2 aromatic carbocycles. The summed E-state index contributed by atoms with van der Waals surface area (Å²) in [5.41, 5.74) is 3.06. The highest BCUT2D eigenvalue weighted by Gasteiger charge is 2.11. The summed E-state index contributed by atoms with van der Waals surface area (Å²) >= 11 is 6.90. The van der Waals surface area contributed by atoms with Gasteiger partial charge in [0.05, 0.1) is 6.33 Å². The van der Waals surface area contributed by atoms with Crippen LogP contribution >= 0.6 is 23.6 Å². The van der Waals surface area contributed by atoms with Crippen molar-refractivity contribution < 1.29 is 4.39 Å². The van der Waals surface area contributed by atoms with Crippen LogP contribution in [0.1, 0.15) is 5.56 Å². The van der Waals surface area contributed by atoms with Gasteiger partial charge in [0.25, 0.3) is 0 Å². The van der Waals surface area contributed by atoms with E-state index in [1.807, 2.05) is 34.9 Å². The zero-order chi connectivity index (χ0) is 18.1. The molecule has 4 rings (SSSR count). The number of fused-ring (bicyclic) bond motifs is 1. The van der Waals surface area contributed by atoms with Crippen LogP contribution in [0.15, 0.2) is 60.9 Å². The highest BCUT2D eigenvalue weighted by Crippen LogP contribution is 2.22. The van der Waals surface area contributed by atoms with Crippen LogP contribution in [0, 0.1) is 15.2 Å². The van der Waals surface area contributed by atoms with Gasteiger partial charge >= 0.3 is 0 Å². The van der Waals surface area contributed by atoms with Crippen LogP contribution in [0.4, 0.5) is 4.39 Å². The summed E-state index contributed by atoms with van der Waals surface area (Å²) in [7, 11) is 0. The second-order valence-corrected chi connectivity index (χ2v) is 7.50. The molecule has 26 heavy (non-hydrogen) atoms. The number of rotatable bonds is 4. The molecule has 0 radical (unpaired) electrons. The van der Waals surface area contributed by atoms with Crippen molar-refractivity contribution in [2.24, 2.45) is 0 Å². The number of nitrogens with zero attached hydrogens (tertiary/aromatic N) is 3. The van der Waals surface area contributed by atoms with E-state index in [9.17, 15) is 4.39 Å². The summed E-state index contributed by atoms with van der Waals surface area (Å²) in [6.45, 7) is 0.601. The number of thiazole rings is 1. The predicted octanol–water partition coefficient (Wildman–Crippen LogP) is 4.48. The van der Waals surface area contributed by atoms with Gasteiger partial charge in [0.15, 0.2) is 9.60 Å². The van der Waals surface area contributed by atoms with Crippen molar-refractivity contribution in [2.75, 3.05) is 0 Å². The summed E-state index contributed by atoms with van der Waals surface area (Å²) in [5.74, 6) is -0.243. The smallest absolute Gasteiger partial charge is 0.168 e. The third-order valence-electron chi connectivity index (χ3n) is 4.18. The van der Waals surface area contributed by atoms with E-state index < -0.39 is 0 Å². The summed E-state index contributed by atoms with van der Waals surface area (Å²) in [6.07, 6.45) is 2.38. The van der Waals surface area contributed by atoms with Gasteiger partial charge in [0, 0.05) is 12.2 Å². The summed E-state index contributed by atoms with van der Waals surface area (Å²) < 4.78 is 18.1. The molecule has 4 nitrogen and oxygen atoms in total. The minimum absolute atomic E-state index is 0.243. The molecule has 0 atom stereocenters. The Labute approximate surface area is 158 Å². The van der Waals surface area contributed by atoms with Crippen LogP contribution in [0.3, 0.4) is 0 Å². The molecule has 2 aromatic heterocycles. The Kier molecular flexibility index (Phi) is 4.48. The van der Waals surface area contributed by atoms with Gasteiger partial charge in [-0.1, -0.05) is 41.7 Å². The van der Waals surface area contributed by atoms with Crippen LogP contribution in [-0.4, -0.2) is 14.1 Å². The van der Waals surface area contributed by atoms with Crippen molar-refractivity contribution in [1.82, 2.24) is 14.1 Å². The van der Waals surface area contributed by atoms with Gasteiger partial charge in [-0.3, -0.25) is 9.98 Å². The Morgan fingerprint density at radius 1 is 1.08 bits per heavy atom. The lowest BCUT2D eigenvalue weighted by Crippen LogP contribution is -2.21. The fraction of sp³-hybridized carbons (Fsp3) is 0.105. The number of para-hydroxylation sites is 1. The molecule has 0 unspecified atom stereocenters. The van der Waals surface area contributed by atoms with Gasteiger partial charge in [0.2, 0.25) is 0 Å². The number of aryl methyl sites for hydroxylation is 2. The molecule has 0 fully saturated rings. The van der Waals surface area contributed by atoms with Gasteiger partial charge in [-0.15, -0.1) is 0 Å². The van der Waals surface area contributed by atoms with E-state index in [1.54, 1.807) is 23.0 Å². The zero-order valence-electron chi connectivity index (χ0n) is 13.7. The van der Waals surface area contributed by atoms with Gasteiger partial charge in [-0.2, -0.15) is 0 Å². The van der Waals surface area contributed by atoms with Gasteiger partial charge in [0.1, 0.15) is 16.0 Å². The molecule has 2 heterocycles. The standard InChI is InChI=1S/C19H15FN4S2/c20-14-8-6-13(7-9-14)10-11-23-12-22-18-16(17(23)21)26-19(25)24(18)15-4-2-1-3-5-15/h1-9,12,21H,10-11H2. The van der Waals surface area contributed by atoms with Crippen LogP contribution in [0.25, 0.3) is 16.0 Å². The first-order chi connectivity index (χ1) is 12.6. The number of hydrogen-bond donors (Lipinski definition) is 1. The second-order valence-electron chi connectivity index (χ2n) is 5.85. The quantitative estimate of drug-likeness (QED) is 0.529. The summed E-state index contributed by atoms with van der Waals surface area (Å²) in [4.78, 5) is 4.56. The Morgan fingerprint density at radius 3 is 2.54 bits per heavy atom. The van der Waals surface area contributed by atoms with Crippen LogP contribution in [0.2, 0.25) is 0 Å². The second kappa shape index (κ2) is 6.93. The largest absolute Gasteiger partial charge is 0.316 e. The minimum atomic E-state index is -0.243. The number of hydrogen-bond acceptors (Lipinski definition) is 4. The average Bonchev–Trinajstić information content (AvgIpc) is 3.00. The molecule has 0 spiro atoms. The maximum absolute atomic E-state index is 13.0. The van der Waals surface area contributed by atoms with Gasteiger partial charge in [-0.25, -0.2) is 9.37 Å². The van der Waals surface area contributed by atoms with Crippen LogP contribution in [0.5, 0.6) is 0 Å². The molecule has 0 aliphatic rings. The highest BCUT2D eigenvalue weighted by molar-refractivity contribution is 7.73. The van der Waals surface area contributed by atoms with Gasteiger partial charge in [-0.05, 0) is 48.5 Å². The SMILES string of the molecule is N=c1c2sc(=S)n(-c3ccccc3)c2ncn1CCc1ccc(F)cc1. The van der Waals surface area contributed by atoms with E-state index in [-0.39, 0.29) is 5.82 Å². The Balaban J connectivity index is 1.71. The van der Waals surface area contributed by atoms with Crippen molar-refractivity contribution in [2.45, 2.75) is 13.0 Å².